The van der Waals surface area contributed by atoms with Crippen molar-refractivity contribution in [1.29, 1.82) is 0 Å². The van der Waals surface area contributed by atoms with Crippen molar-refractivity contribution in [1.82, 2.24) is 14.6 Å². The molecule has 2 heterocycles. The van der Waals surface area contributed by atoms with E-state index < -0.39 is 0 Å². The number of hydrogen-bond acceptors (Lipinski definition) is 2. The van der Waals surface area contributed by atoms with Gasteiger partial charge >= 0.3 is 0 Å². The molecule has 0 saturated carbocycles. The average molecular weight is 269 g/mol. The molecule has 0 fully saturated rings. The summed E-state index contributed by atoms with van der Waals surface area (Å²) < 4.78 is 1.89. The largest absolute Gasteiger partial charge is 0.228 e. The van der Waals surface area contributed by atoms with Gasteiger partial charge in [0.15, 0.2) is 5.65 Å². The quantitative estimate of drug-likeness (QED) is 0.422. The van der Waals surface area contributed by atoms with E-state index in [4.69, 9.17) is 10.1 Å². The molecular formula is C18H11N3. The predicted molar refractivity (Wildman–Crippen MR) is 85.5 cm³/mol. The Labute approximate surface area is 120 Å². The van der Waals surface area contributed by atoms with Crippen LogP contribution < -0.4 is 0 Å². The minimum Gasteiger partial charge on any atom is -0.228 e. The van der Waals surface area contributed by atoms with Crippen LogP contribution in [-0.2, 0) is 0 Å². The number of benzene rings is 3. The molecule has 0 aliphatic heterocycles. The first kappa shape index (κ1) is 10.8. The van der Waals surface area contributed by atoms with Crippen LogP contribution in [-0.4, -0.2) is 14.6 Å². The number of para-hydroxylation sites is 1. The maximum atomic E-state index is 4.77. The lowest BCUT2D eigenvalue weighted by molar-refractivity contribution is 0.973. The highest BCUT2D eigenvalue weighted by Gasteiger charge is 2.10. The second-order valence-electron chi connectivity index (χ2n) is 5.25. The lowest BCUT2D eigenvalue weighted by atomic mass is 10.1. The van der Waals surface area contributed by atoms with Crippen molar-refractivity contribution >= 4 is 38.2 Å². The van der Waals surface area contributed by atoms with Gasteiger partial charge in [0, 0.05) is 22.4 Å². The zero-order valence-electron chi connectivity index (χ0n) is 11.2. The lowest BCUT2D eigenvalue weighted by Crippen LogP contribution is -1.90. The molecule has 3 nitrogen and oxygen atoms in total. The number of nitrogens with zero attached hydrogens (tertiary/aromatic N) is 3. The average Bonchev–Trinajstić information content (AvgIpc) is 2.90. The smallest absolute Gasteiger partial charge is 0.163 e. The normalized spacial score (nSPS) is 11.8. The van der Waals surface area contributed by atoms with Gasteiger partial charge in [-0.3, -0.25) is 0 Å². The molecule has 0 unspecified atom stereocenters. The molecule has 21 heavy (non-hydrogen) atoms. The summed E-state index contributed by atoms with van der Waals surface area (Å²) in [5.41, 5.74) is 2.92. The van der Waals surface area contributed by atoms with Gasteiger partial charge in [-0.15, -0.1) is 0 Å². The molecule has 0 radical (unpaired) electrons. The summed E-state index contributed by atoms with van der Waals surface area (Å²) in [5, 5.41) is 9.32. The van der Waals surface area contributed by atoms with Crippen molar-refractivity contribution in [2.45, 2.75) is 0 Å². The van der Waals surface area contributed by atoms with Crippen molar-refractivity contribution in [3.8, 4) is 0 Å². The molecule has 98 valence electrons. The molecule has 0 bridgehead atoms. The van der Waals surface area contributed by atoms with E-state index in [9.17, 15) is 0 Å². The fourth-order valence-corrected chi connectivity index (χ4v) is 2.97. The SMILES string of the molecule is c1ccc2nc3c4ccc5ccccc5c4nn3cc2c1. The maximum Gasteiger partial charge on any atom is 0.163 e. The van der Waals surface area contributed by atoms with E-state index >= 15 is 0 Å². The van der Waals surface area contributed by atoms with Gasteiger partial charge in [0.05, 0.1) is 5.52 Å². The molecule has 5 aromatic rings. The van der Waals surface area contributed by atoms with E-state index in [2.05, 4.69) is 42.5 Å². The minimum atomic E-state index is 0.912. The summed E-state index contributed by atoms with van der Waals surface area (Å²) in [7, 11) is 0. The Morgan fingerprint density at radius 2 is 1.52 bits per heavy atom. The van der Waals surface area contributed by atoms with Crippen LogP contribution in [0.4, 0.5) is 0 Å². The molecule has 0 amide bonds. The summed E-state index contributed by atoms with van der Waals surface area (Å²) >= 11 is 0. The topological polar surface area (TPSA) is 30.2 Å². The van der Waals surface area contributed by atoms with E-state index in [1.807, 2.05) is 28.9 Å². The first-order valence-electron chi connectivity index (χ1n) is 6.96. The van der Waals surface area contributed by atoms with Crippen molar-refractivity contribution in [3.05, 3.63) is 66.9 Å². The third-order valence-electron chi connectivity index (χ3n) is 3.99. The fraction of sp³-hybridized carbons (Fsp3) is 0. The van der Waals surface area contributed by atoms with Gasteiger partial charge in [-0.05, 0) is 17.5 Å². The van der Waals surface area contributed by atoms with Gasteiger partial charge in [-0.2, -0.15) is 5.10 Å². The van der Waals surface area contributed by atoms with Crippen molar-refractivity contribution in [3.63, 3.8) is 0 Å². The number of aromatic nitrogens is 3. The monoisotopic (exact) mass is 269 g/mol. The number of fused-ring (bicyclic) bond motifs is 6. The minimum absolute atomic E-state index is 0.912. The summed E-state index contributed by atoms with van der Waals surface area (Å²) in [6.45, 7) is 0. The van der Waals surface area contributed by atoms with E-state index in [1.165, 1.54) is 10.8 Å². The Hall–Kier alpha value is -2.94. The highest BCUT2D eigenvalue weighted by Crippen LogP contribution is 2.27. The van der Waals surface area contributed by atoms with Gasteiger partial charge in [0.25, 0.3) is 0 Å². The Balaban J connectivity index is 2.04. The molecule has 2 aromatic heterocycles. The van der Waals surface area contributed by atoms with E-state index in [0.29, 0.717) is 0 Å². The van der Waals surface area contributed by atoms with Gasteiger partial charge in [0.1, 0.15) is 5.52 Å². The van der Waals surface area contributed by atoms with Crippen LogP contribution in [0.2, 0.25) is 0 Å². The summed E-state index contributed by atoms with van der Waals surface area (Å²) in [6, 6.07) is 20.7. The second kappa shape index (κ2) is 3.79. The Kier molecular flexibility index (Phi) is 1.95. The van der Waals surface area contributed by atoms with Crippen LogP contribution in [0, 0.1) is 0 Å². The van der Waals surface area contributed by atoms with Crippen molar-refractivity contribution in [2.75, 3.05) is 0 Å². The highest BCUT2D eigenvalue weighted by atomic mass is 15.2. The highest BCUT2D eigenvalue weighted by molar-refractivity contribution is 6.10. The molecule has 3 heteroatoms. The molecule has 0 spiro atoms. The lowest BCUT2D eigenvalue weighted by Gasteiger charge is -1.98. The van der Waals surface area contributed by atoms with Crippen LogP contribution in [0.5, 0.6) is 0 Å². The molecule has 5 rings (SSSR count). The molecule has 0 saturated heterocycles. The van der Waals surface area contributed by atoms with Crippen molar-refractivity contribution < 1.29 is 0 Å². The number of rotatable bonds is 0. The van der Waals surface area contributed by atoms with Gasteiger partial charge in [0.2, 0.25) is 0 Å². The zero-order valence-corrected chi connectivity index (χ0v) is 11.2. The molecule has 0 aliphatic rings. The summed E-state index contributed by atoms with van der Waals surface area (Å²) in [4.78, 5) is 4.77. The Morgan fingerprint density at radius 3 is 2.48 bits per heavy atom. The Bertz CT molecular complexity index is 1140. The third-order valence-corrected chi connectivity index (χ3v) is 3.99. The first-order valence-corrected chi connectivity index (χ1v) is 6.96. The van der Waals surface area contributed by atoms with Crippen LogP contribution in [0.3, 0.4) is 0 Å². The molecule has 0 atom stereocenters. The van der Waals surface area contributed by atoms with Gasteiger partial charge < -0.3 is 0 Å². The third kappa shape index (κ3) is 1.43. The Morgan fingerprint density at radius 1 is 0.714 bits per heavy atom. The standard InChI is InChI=1S/C18H11N3/c1-3-7-14-12(5-1)9-10-15-17(14)20-21-11-13-6-2-4-8-16(13)19-18(15)21/h1-11H. The fourth-order valence-electron chi connectivity index (χ4n) is 2.97. The predicted octanol–water partition coefficient (Wildman–Crippen LogP) is 4.19. The van der Waals surface area contributed by atoms with Crippen molar-refractivity contribution in [2.24, 2.45) is 0 Å². The van der Waals surface area contributed by atoms with Crippen LogP contribution in [0.15, 0.2) is 66.9 Å². The zero-order chi connectivity index (χ0) is 13.8. The maximum absolute atomic E-state index is 4.77. The molecule has 0 N–H and O–H groups in total. The molecule has 3 aromatic carbocycles. The summed E-state index contributed by atoms with van der Waals surface area (Å²) in [6.07, 6.45) is 2.05. The second-order valence-corrected chi connectivity index (χ2v) is 5.25. The van der Waals surface area contributed by atoms with Crippen LogP contribution in [0.25, 0.3) is 38.2 Å². The van der Waals surface area contributed by atoms with E-state index in [0.717, 1.165) is 27.5 Å². The van der Waals surface area contributed by atoms with Crippen LogP contribution >= 0.6 is 0 Å². The summed E-state index contributed by atoms with van der Waals surface area (Å²) in [5.74, 6) is 0. The van der Waals surface area contributed by atoms with E-state index in [-0.39, 0.29) is 0 Å². The first-order chi connectivity index (χ1) is 10.4. The van der Waals surface area contributed by atoms with Crippen LogP contribution in [0.1, 0.15) is 0 Å². The molecule has 0 aliphatic carbocycles. The van der Waals surface area contributed by atoms with Gasteiger partial charge in [-0.1, -0.05) is 48.5 Å². The van der Waals surface area contributed by atoms with E-state index in [1.54, 1.807) is 0 Å². The number of hydrogen-bond donors (Lipinski definition) is 0. The van der Waals surface area contributed by atoms with Gasteiger partial charge in [-0.25, -0.2) is 9.50 Å². The molecular weight excluding hydrogens is 258 g/mol.